The number of aliphatic imine (C=N–C) groups is 1. The molecule has 0 amide bonds. The first-order valence-electron chi connectivity index (χ1n) is 9.32. The monoisotopic (exact) mass is 379 g/mol. The third-order valence-corrected chi connectivity index (χ3v) is 4.63. The number of aryl methyl sites for hydroxylation is 1. The molecule has 1 aliphatic heterocycles. The molecular formula is C23H25NO4. The van der Waals surface area contributed by atoms with Crippen LogP contribution in [0, 0.1) is 0 Å². The zero-order valence-corrected chi connectivity index (χ0v) is 16.7. The largest absolute Gasteiger partial charge is 0.497 e. The number of esters is 1. The van der Waals surface area contributed by atoms with Crippen LogP contribution in [0.1, 0.15) is 42.9 Å². The molecule has 146 valence electrons. The predicted octanol–water partition coefficient (Wildman–Crippen LogP) is 4.76. The van der Waals surface area contributed by atoms with Crippen LogP contribution in [0.15, 0.2) is 53.2 Å². The second-order valence-electron chi connectivity index (χ2n) is 6.93. The van der Waals surface area contributed by atoms with Crippen molar-refractivity contribution >= 4 is 17.9 Å². The van der Waals surface area contributed by atoms with Gasteiger partial charge in [0.15, 0.2) is 11.6 Å². The summed E-state index contributed by atoms with van der Waals surface area (Å²) in [5, 5.41) is 0. The highest BCUT2D eigenvalue weighted by Gasteiger charge is 2.22. The molecule has 0 aromatic heterocycles. The number of nitrogens with zero attached hydrogens (tertiary/aromatic N) is 1. The summed E-state index contributed by atoms with van der Waals surface area (Å²) >= 11 is 0. The number of hydrogen-bond acceptors (Lipinski definition) is 5. The Hall–Kier alpha value is -3.08. The van der Waals surface area contributed by atoms with Crippen LogP contribution < -0.4 is 9.47 Å². The molecule has 5 heteroatoms. The van der Waals surface area contributed by atoms with Crippen molar-refractivity contribution in [1.29, 1.82) is 0 Å². The van der Waals surface area contributed by atoms with E-state index in [1.54, 1.807) is 20.3 Å². The minimum Gasteiger partial charge on any atom is -0.497 e. The summed E-state index contributed by atoms with van der Waals surface area (Å²) in [5.74, 6) is 2.01. The standard InChI is InChI=1S/C23H25NO4/c1-15(2)19-13-17(7-11-21(19)27-4)14-20-23(25)28-22(24-20)12-8-16-5-9-18(26-3)10-6-16/h5-7,9-11,13-15H,8,12H2,1-4H3/b20-14+. The lowest BCUT2D eigenvalue weighted by Crippen LogP contribution is -2.05. The number of benzene rings is 2. The minimum absolute atomic E-state index is 0.312. The Labute approximate surface area is 165 Å². The van der Waals surface area contributed by atoms with E-state index < -0.39 is 5.97 Å². The Morgan fingerprint density at radius 2 is 1.79 bits per heavy atom. The summed E-state index contributed by atoms with van der Waals surface area (Å²) in [6.45, 7) is 4.21. The summed E-state index contributed by atoms with van der Waals surface area (Å²) in [4.78, 5) is 16.6. The van der Waals surface area contributed by atoms with Crippen molar-refractivity contribution < 1.29 is 19.0 Å². The van der Waals surface area contributed by atoms with Gasteiger partial charge >= 0.3 is 5.97 Å². The fourth-order valence-electron chi connectivity index (χ4n) is 3.06. The van der Waals surface area contributed by atoms with Crippen molar-refractivity contribution in [2.24, 2.45) is 4.99 Å². The van der Waals surface area contributed by atoms with Crippen LogP contribution in [0.25, 0.3) is 6.08 Å². The SMILES string of the molecule is COc1ccc(CCC2=N/C(=C/c3ccc(OC)c(C(C)C)c3)C(=O)O2)cc1. The molecule has 5 nitrogen and oxygen atoms in total. The Morgan fingerprint density at radius 3 is 2.43 bits per heavy atom. The quantitative estimate of drug-likeness (QED) is 0.514. The van der Waals surface area contributed by atoms with Gasteiger partial charge in [-0.25, -0.2) is 9.79 Å². The smallest absolute Gasteiger partial charge is 0.363 e. The van der Waals surface area contributed by atoms with Crippen molar-refractivity contribution in [3.05, 3.63) is 64.9 Å². The van der Waals surface area contributed by atoms with Crippen LogP contribution in [0.3, 0.4) is 0 Å². The number of cyclic esters (lactones) is 1. The molecule has 0 aliphatic carbocycles. The van der Waals surface area contributed by atoms with Crippen molar-refractivity contribution in [3.8, 4) is 11.5 Å². The maximum absolute atomic E-state index is 12.2. The van der Waals surface area contributed by atoms with Gasteiger partial charge in [0.2, 0.25) is 0 Å². The van der Waals surface area contributed by atoms with Crippen molar-refractivity contribution in [3.63, 3.8) is 0 Å². The van der Waals surface area contributed by atoms with E-state index in [2.05, 4.69) is 18.8 Å². The first-order valence-corrected chi connectivity index (χ1v) is 9.32. The van der Waals surface area contributed by atoms with Crippen molar-refractivity contribution in [2.45, 2.75) is 32.6 Å². The molecule has 0 saturated heterocycles. The van der Waals surface area contributed by atoms with E-state index >= 15 is 0 Å². The Bertz CT molecular complexity index is 911. The van der Waals surface area contributed by atoms with E-state index in [1.807, 2.05) is 42.5 Å². The van der Waals surface area contributed by atoms with Gasteiger partial charge in [0.25, 0.3) is 0 Å². The number of methoxy groups -OCH3 is 2. The molecule has 1 aliphatic rings. The lowest BCUT2D eigenvalue weighted by atomic mass is 9.99. The van der Waals surface area contributed by atoms with E-state index in [0.29, 0.717) is 23.9 Å². The van der Waals surface area contributed by atoms with Gasteiger partial charge in [0.05, 0.1) is 14.2 Å². The van der Waals surface area contributed by atoms with Crippen LogP contribution in [-0.4, -0.2) is 26.1 Å². The van der Waals surface area contributed by atoms with Crippen LogP contribution in [0.4, 0.5) is 0 Å². The lowest BCUT2D eigenvalue weighted by molar-refractivity contribution is -0.130. The zero-order chi connectivity index (χ0) is 20.1. The summed E-state index contributed by atoms with van der Waals surface area (Å²) in [6, 6.07) is 13.7. The van der Waals surface area contributed by atoms with Gasteiger partial charge in [0, 0.05) is 6.42 Å². The van der Waals surface area contributed by atoms with Gasteiger partial charge in [-0.2, -0.15) is 0 Å². The van der Waals surface area contributed by atoms with E-state index in [4.69, 9.17) is 14.2 Å². The van der Waals surface area contributed by atoms with Crippen LogP contribution >= 0.6 is 0 Å². The second-order valence-corrected chi connectivity index (χ2v) is 6.93. The maximum Gasteiger partial charge on any atom is 0.363 e. The predicted molar refractivity (Wildman–Crippen MR) is 110 cm³/mol. The first-order chi connectivity index (χ1) is 13.5. The van der Waals surface area contributed by atoms with Gasteiger partial charge in [-0.15, -0.1) is 0 Å². The average molecular weight is 379 g/mol. The zero-order valence-electron chi connectivity index (χ0n) is 16.7. The maximum atomic E-state index is 12.2. The second kappa shape index (κ2) is 8.74. The van der Waals surface area contributed by atoms with E-state index in [9.17, 15) is 4.79 Å². The highest BCUT2D eigenvalue weighted by atomic mass is 16.6. The normalized spacial score (nSPS) is 15.0. The van der Waals surface area contributed by atoms with Gasteiger partial charge in [-0.05, 0) is 59.4 Å². The lowest BCUT2D eigenvalue weighted by Gasteiger charge is -2.12. The molecular weight excluding hydrogens is 354 g/mol. The fraction of sp³-hybridized carbons (Fsp3) is 0.304. The van der Waals surface area contributed by atoms with Gasteiger partial charge in [-0.1, -0.05) is 32.0 Å². The molecule has 0 bridgehead atoms. The van der Waals surface area contributed by atoms with E-state index in [-0.39, 0.29) is 0 Å². The molecule has 0 saturated carbocycles. The van der Waals surface area contributed by atoms with Gasteiger partial charge < -0.3 is 14.2 Å². The Balaban J connectivity index is 1.73. The van der Waals surface area contributed by atoms with E-state index in [0.717, 1.165) is 34.6 Å². The van der Waals surface area contributed by atoms with Crippen LogP contribution in [-0.2, 0) is 16.0 Å². The molecule has 0 unspecified atom stereocenters. The Morgan fingerprint density at radius 1 is 1.04 bits per heavy atom. The van der Waals surface area contributed by atoms with Crippen LogP contribution in [0.5, 0.6) is 11.5 Å². The summed E-state index contributed by atoms with van der Waals surface area (Å²) < 4.78 is 15.9. The fourth-order valence-corrected chi connectivity index (χ4v) is 3.06. The average Bonchev–Trinajstić information content (AvgIpc) is 3.06. The molecule has 2 aromatic rings. The number of rotatable bonds is 7. The van der Waals surface area contributed by atoms with E-state index in [1.165, 1.54) is 0 Å². The molecule has 0 radical (unpaired) electrons. The summed E-state index contributed by atoms with van der Waals surface area (Å²) in [5.41, 5.74) is 3.45. The highest BCUT2D eigenvalue weighted by Crippen LogP contribution is 2.28. The number of ether oxygens (including phenoxy) is 3. The topological polar surface area (TPSA) is 57.1 Å². The van der Waals surface area contributed by atoms with Crippen LogP contribution in [0.2, 0.25) is 0 Å². The first kappa shape index (κ1) is 19.7. The molecule has 28 heavy (non-hydrogen) atoms. The van der Waals surface area contributed by atoms with Gasteiger partial charge in [0.1, 0.15) is 11.5 Å². The summed E-state index contributed by atoms with van der Waals surface area (Å²) in [7, 11) is 3.30. The van der Waals surface area contributed by atoms with Crippen molar-refractivity contribution in [2.75, 3.05) is 14.2 Å². The number of carbonyl (C=O) groups excluding carboxylic acids is 1. The molecule has 0 atom stereocenters. The summed E-state index contributed by atoms with van der Waals surface area (Å²) in [6.07, 6.45) is 3.06. The van der Waals surface area contributed by atoms with Gasteiger partial charge in [-0.3, -0.25) is 0 Å². The molecule has 0 spiro atoms. The third-order valence-electron chi connectivity index (χ3n) is 4.63. The Kier molecular flexibility index (Phi) is 6.14. The third kappa shape index (κ3) is 4.60. The molecule has 0 N–H and O–H groups in total. The molecule has 1 heterocycles. The minimum atomic E-state index is -0.411. The number of hydrogen-bond donors (Lipinski definition) is 0. The van der Waals surface area contributed by atoms with Crippen molar-refractivity contribution in [1.82, 2.24) is 0 Å². The highest BCUT2D eigenvalue weighted by molar-refractivity contribution is 6.07. The molecule has 2 aromatic carbocycles. The molecule has 3 rings (SSSR count). The molecule has 0 fully saturated rings. The number of carbonyl (C=O) groups is 1.